The van der Waals surface area contributed by atoms with Crippen molar-refractivity contribution in [1.82, 2.24) is 10.2 Å². The summed E-state index contributed by atoms with van der Waals surface area (Å²) in [6.07, 6.45) is 1.64. The second kappa shape index (κ2) is 5.58. The predicted molar refractivity (Wildman–Crippen MR) is 88.3 cm³/mol. The summed E-state index contributed by atoms with van der Waals surface area (Å²) < 4.78 is 22.7. The lowest BCUT2D eigenvalue weighted by atomic mass is 10.0. The molecule has 1 saturated carbocycles. The number of hydrogen-bond acceptors (Lipinski definition) is 5. The molecule has 6 nitrogen and oxygen atoms in total. The van der Waals surface area contributed by atoms with Crippen LogP contribution < -0.4 is 10.5 Å². The molecule has 0 saturated heterocycles. The Morgan fingerprint density at radius 3 is 2.48 bits per heavy atom. The molecule has 1 aliphatic carbocycles. The van der Waals surface area contributed by atoms with Crippen LogP contribution in [0.1, 0.15) is 25.3 Å². The first-order chi connectivity index (χ1) is 10.8. The first-order valence-corrected chi connectivity index (χ1v) is 8.99. The van der Waals surface area contributed by atoms with Crippen LogP contribution in [0.5, 0.6) is 0 Å². The van der Waals surface area contributed by atoms with Crippen molar-refractivity contribution in [2.24, 2.45) is 16.5 Å². The Balaban J connectivity index is 1.71. The van der Waals surface area contributed by atoms with Crippen LogP contribution >= 0.6 is 0 Å². The van der Waals surface area contributed by atoms with Crippen LogP contribution in [-0.2, 0) is 10.0 Å². The molecule has 1 aliphatic rings. The molecule has 1 heterocycles. The van der Waals surface area contributed by atoms with E-state index in [0.717, 1.165) is 17.9 Å². The van der Waals surface area contributed by atoms with Crippen molar-refractivity contribution >= 4 is 15.8 Å². The van der Waals surface area contributed by atoms with Gasteiger partial charge in [-0.15, -0.1) is 5.10 Å². The number of primary sulfonamides is 1. The van der Waals surface area contributed by atoms with Crippen LogP contribution in [0.2, 0.25) is 0 Å². The second-order valence-electron chi connectivity index (χ2n) is 6.51. The molecule has 0 spiro atoms. The minimum Gasteiger partial charge on any atom is -0.368 e. The molecule has 0 bridgehead atoms. The topological polar surface area (TPSA) is 98.0 Å². The highest BCUT2D eigenvalue weighted by atomic mass is 32.2. The minimum atomic E-state index is -3.64. The Kier molecular flexibility index (Phi) is 3.85. The maximum absolute atomic E-state index is 11.3. The summed E-state index contributed by atoms with van der Waals surface area (Å²) in [6, 6.07) is 10.6. The van der Waals surface area contributed by atoms with Crippen LogP contribution in [0, 0.1) is 11.3 Å². The van der Waals surface area contributed by atoms with Gasteiger partial charge in [0, 0.05) is 12.7 Å². The monoisotopic (exact) mass is 332 g/mol. The maximum Gasteiger partial charge on any atom is 0.238 e. The molecule has 23 heavy (non-hydrogen) atoms. The van der Waals surface area contributed by atoms with Gasteiger partial charge in [0.1, 0.15) is 5.82 Å². The number of sulfonamides is 1. The van der Waals surface area contributed by atoms with Crippen molar-refractivity contribution in [1.29, 1.82) is 0 Å². The number of nitrogens with one attached hydrogen (secondary N) is 1. The average molecular weight is 332 g/mol. The van der Waals surface area contributed by atoms with Crippen molar-refractivity contribution in [2.45, 2.75) is 24.7 Å². The fraction of sp³-hybridized carbons (Fsp3) is 0.375. The Hall–Kier alpha value is -1.99. The summed E-state index contributed by atoms with van der Waals surface area (Å²) in [5.74, 6) is 1.59. The summed E-state index contributed by atoms with van der Waals surface area (Å²) in [5.41, 5.74) is 1.28. The van der Waals surface area contributed by atoms with Crippen molar-refractivity contribution in [2.75, 3.05) is 11.9 Å². The molecule has 0 aliphatic heterocycles. The second-order valence-corrected chi connectivity index (χ2v) is 8.07. The quantitative estimate of drug-likeness (QED) is 0.872. The molecule has 1 aromatic carbocycles. The molecule has 0 radical (unpaired) electrons. The van der Waals surface area contributed by atoms with E-state index >= 15 is 0 Å². The number of anilines is 1. The van der Waals surface area contributed by atoms with Crippen LogP contribution in [-0.4, -0.2) is 25.2 Å². The lowest BCUT2D eigenvalue weighted by Gasteiger charge is -2.05. The Morgan fingerprint density at radius 1 is 1.22 bits per heavy atom. The highest BCUT2D eigenvalue weighted by Crippen LogP contribution is 2.64. The molecule has 2 unspecified atom stereocenters. The number of hydrogen-bond donors (Lipinski definition) is 2. The van der Waals surface area contributed by atoms with Crippen LogP contribution in [0.25, 0.3) is 0 Å². The van der Waals surface area contributed by atoms with E-state index in [2.05, 4.69) is 29.4 Å². The average Bonchev–Trinajstić information content (AvgIpc) is 3.06. The number of aromatic nitrogens is 2. The number of benzene rings is 1. The van der Waals surface area contributed by atoms with E-state index in [1.54, 1.807) is 18.3 Å². The first-order valence-electron chi connectivity index (χ1n) is 7.44. The van der Waals surface area contributed by atoms with Gasteiger partial charge in [0.05, 0.1) is 4.90 Å². The first kappa shape index (κ1) is 15.9. The van der Waals surface area contributed by atoms with Crippen LogP contribution in [0.15, 0.2) is 47.5 Å². The van der Waals surface area contributed by atoms with Gasteiger partial charge in [-0.2, -0.15) is 5.10 Å². The molecule has 1 fully saturated rings. The van der Waals surface area contributed by atoms with Gasteiger partial charge in [-0.3, -0.25) is 0 Å². The highest BCUT2D eigenvalue weighted by molar-refractivity contribution is 7.89. The van der Waals surface area contributed by atoms with Crippen molar-refractivity contribution in [3.8, 4) is 0 Å². The molecule has 2 atom stereocenters. The predicted octanol–water partition coefficient (Wildman–Crippen LogP) is 1.98. The summed E-state index contributed by atoms with van der Waals surface area (Å²) in [5, 5.41) is 16.3. The Morgan fingerprint density at radius 2 is 1.91 bits per heavy atom. The summed E-state index contributed by atoms with van der Waals surface area (Å²) in [6.45, 7) is 5.23. The van der Waals surface area contributed by atoms with E-state index in [9.17, 15) is 8.42 Å². The molecule has 122 valence electrons. The zero-order valence-electron chi connectivity index (χ0n) is 13.1. The van der Waals surface area contributed by atoms with Gasteiger partial charge in [-0.05, 0) is 47.1 Å². The van der Waals surface area contributed by atoms with Crippen LogP contribution in [0.3, 0.4) is 0 Å². The fourth-order valence-corrected chi connectivity index (χ4v) is 3.78. The van der Waals surface area contributed by atoms with E-state index in [1.807, 2.05) is 24.3 Å². The third-order valence-corrected chi connectivity index (χ3v) is 5.62. The van der Waals surface area contributed by atoms with Gasteiger partial charge in [-0.25, -0.2) is 13.6 Å². The number of rotatable bonds is 5. The zero-order valence-corrected chi connectivity index (χ0v) is 13.9. The van der Waals surface area contributed by atoms with E-state index in [4.69, 9.17) is 5.14 Å². The number of nitrogens with zero attached hydrogens (tertiary/aromatic N) is 2. The van der Waals surface area contributed by atoms with Gasteiger partial charge in [0.15, 0.2) is 0 Å². The lowest BCUT2D eigenvalue weighted by Crippen LogP contribution is -2.11. The standard InChI is InChI=1S/C16H20N4O2S/c1-16(2)13(10-18-14-4-3-9-19-20-14)15(16)11-5-7-12(8-6-11)23(17,21)22/h3-9,13,15H,10H2,1-2H3,(H,18,20)(H2,17,21,22). The normalized spacial score (nSPS) is 22.6. The third-order valence-electron chi connectivity index (χ3n) is 4.69. The van der Waals surface area contributed by atoms with Crippen LogP contribution in [0.4, 0.5) is 5.82 Å². The van der Waals surface area contributed by atoms with E-state index in [1.165, 1.54) is 0 Å². The minimum absolute atomic E-state index is 0.147. The van der Waals surface area contributed by atoms with Gasteiger partial charge < -0.3 is 5.32 Å². The van der Waals surface area contributed by atoms with Crippen molar-refractivity contribution in [3.63, 3.8) is 0 Å². The smallest absolute Gasteiger partial charge is 0.238 e. The van der Waals surface area contributed by atoms with Gasteiger partial charge >= 0.3 is 0 Å². The molecule has 3 N–H and O–H groups in total. The van der Waals surface area contributed by atoms with Gasteiger partial charge in [-0.1, -0.05) is 26.0 Å². The highest BCUT2D eigenvalue weighted by Gasteiger charge is 2.57. The van der Waals surface area contributed by atoms with Crippen molar-refractivity contribution < 1.29 is 8.42 Å². The van der Waals surface area contributed by atoms with E-state index < -0.39 is 10.0 Å². The maximum atomic E-state index is 11.3. The number of nitrogens with two attached hydrogens (primary N) is 1. The van der Waals surface area contributed by atoms with Crippen molar-refractivity contribution in [3.05, 3.63) is 48.2 Å². The van der Waals surface area contributed by atoms with Gasteiger partial charge in [0.25, 0.3) is 0 Å². The fourth-order valence-electron chi connectivity index (χ4n) is 3.26. The van der Waals surface area contributed by atoms with E-state index in [0.29, 0.717) is 11.8 Å². The SMILES string of the molecule is CC1(C)C(CNc2cccnn2)C1c1ccc(S(N)(=O)=O)cc1. The molecule has 1 aromatic heterocycles. The Labute approximate surface area is 136 Å². The molecule has 2 aromatic rings. The molecule has 0 amide bonds. The zero-order chi connectivity index (χ0) is 16.7. The summed E-state index contributed by atoms with van der Waals surface area (Å²) in [4.78, 5) is 0.147. The largest absolute Gasteiger partial charge is 0.368 e. The molecule has 7 heteroatoms. The van der Waals surface area contributed by atoms with Gasteiger partial charge in [0.2, 0.25) is 10.0 Å². The molecule has 3 rings (SSSR count). The third kappa shape index (κ3) is 3.20. The Bertz CT molecular complexity index is 789. The summed E-state index contributed by atoms with van der Waals surface area (Å²) in [7, 11) is -3.64. The molecular formula is C16H20N4O2S. The van der Waals surface area contributed by atoms with E-state index in [-0.39, 0.29) is 10.3 Å². The molecular weight excluding hydrogens is 312 g/mol. The summed E-state index contributed by atoms with van der Waals surface area (Å²) >= 11 is 0. The lowest BCUT2D eigenvalue weighted by molar-refractivity contribution is 0.564.